The lowest BCUT2D eigenvalue weighted by molar-refractivity contribution is 0.100. The zero-order chi connectivity index (χ0) is 18.0. The maximum absolute atomic E-state index is 12.7. The number of aryl methyl sites for hydroxylation is 1. The minimum Gasteiger partial charge on any atom is -0.366 e. The fourth-order valence-corrected chi connectivity index (χ4v) is 3.52. The van der Waals surface area contributed by atoms with Gasteiger partial charge < -0.3 is 15.6 Å². The second kappa shape index (κ2) is 6.94. The van der Waals surface area contributed by atoms with Crippen LogP contribution in [0.1, 0.15) is 37.0 Å². The van der Waals surface area contributed by atoms with Gasteiger partial charge >= 0.3 is 0 Å². The van der Waals surface area contributed by atoms with Crippen LogP contribution in [0.15, 0.2) is 47.8 Å². The molecule has 3 N–H and O–H groups in total. The molecule has 0 aliphatic heterocycles. The van der Waals surface area contributed by atoms with Crippen molar-refractivity contribution in [1.82, 2.24) is 4.57 Å². The lowest BCUT2D eigenvalue weighted by Crippen LogP contribution is -2.18. The Hall–Kier alpha value is -2.86. The summed E-state index contributed by atoms with van der Waals surface area (Å²) in [4.78, 5) is 25.4. The van der Waals surface area contributed by atoms with Crippen molar-refractivity contribution < 1.29 is 9.59 Å². The predicted octanol–water partition coefficient (Wildman–Crippen LogP) is 3.57. The number of primary amides is 1. The number of carbonyl (C=O) groups excluding carboxylic acids is 2. The Morgan fingerprint density at radius 3 is 2.56 bits per heavy atom. The Balaban J connectivity index is 1.87. The van der Waals surface area contributed by atoms with Crippen molar-refractivity contribution in [3.05, 3.63) is 75.2 Å². The number of rotatable bonds is 5. The van der Waals surface area contributed by atoms with Crippen LogP contribution in [0.2, 0.25) is 0 Å². The summed E-state index contributed by atoms with van der Waals surface area (Å²) >= 11 is 1.69. The number of hydrogen-bond acceptors (Lipinski definition) is 3. The topological polar surface area (TPSA) is 77.1 Å². The molecule has 0 saturated heterocycles. The standard InChI is InChI=1S/C19H19N3O2S/c1-12-10-16(13(2)22(12)11-14-6-5-9-25-14)19(24)21-17-8-4-3-7-15(17)18(20)23/h3-10H,11H2,1-2H3,(H2,20,23)(H,21,24). The number of nitrogens with zero attached hydrogens (tertiary/aromatic N) is 1. The summed E-state index contributed by atoms with van der Waals surface area (Å²) in [5.74, 6) is -0.821. The average molecular weight is 353 g/mol. The maximum atomic E-state index is 12.7. The number of hydrogen-bond donors (Lipinski definition) is 2. The number of nitrogens with two attached hydrogens (primary N) is 1. The van der Waals surface area contributed by atoms with Crippen LogP contribution in [0.25, 0.3) is 0 Å². The number of aromatic nitrogens is 1. The van der Waals surface area contributed by atoms with Crippen LogP contribution in [0.4, 0.5) is 5.69 Å². The first-order valence-corrected chi connectivity index (χ1v) is 8.74. The molecule has 2 heterocycles. The molecule has 0 atom stereocenters. The molecule has 3 rings (SSSR count). The molecule has 0 bridgehead atoms. The number of amides is 2. The summed E-state index contributed by atoms with van der Waals surface area (Å²) in [6.45, 7) is 4.64. The van der Waals surface area contributed by atoms with Crippen LogP contribution in [0.5, 0.6) is 0 Å². The summed E-state index contributed by atoms with van der Waals surface area (Å²) in [6, 6.07) is 12.7. The highest BCUT2D eigenvalue weighted by Gasteiger charge is 2.18. The highest BCUT2D eigenvalue weighted by atomic mass is 32.1. The monoisotopic (exact) mass is 353 g/mol. The molecule has 0 aliphatic carbocycles. The van der Waals surface area contributed by atoms with Gasteiger partial charge in [0.1, 0.15) is 0 Å². The smallest absolute Gasteiger partial charge is 0.257 e. The van der Waals surface area contributed by atoms with Gasteiger partial charge in [-0.2, -0.15) is 0 Å². The molecule has 2 amide bonds. The fraction of sp³-hybridized carbons (Fsp3) is 0.158. The second-order valence-electron chi connectivity index (χ2n) is 5.81. The van der Waals surface area contributed by atoms with E-state index in [9.17, 15) is 9.59 Å². The molecule has 25 heavy (non-hydrogen) atoms. The van der Waals surface area contributed by atoms with E-state index in [0.717, 1.165) is 17.9 Å². The Bertz CT molecular complexity index is 926. The molecule has 5 nitrogen and oxygen atoms in total. The van der Waals surface area contributed by atoms with Gasteiger partial charge in [0.25, 0.3) is 11.8 Å². The van der Waals surface area contributed by atoms with Gasteiger partial charge in [-0.25, -0.2) is 0 Å². The summed E-state index contributed by atoms with van der Waals surface area (Å²) < 4.78 is 2.11. The van der Waals surface area contributed by atoms with Crippen molar-refractivity contribution in [3.8, 4) is 0 Å². The van der Waals surface area contributed by atoms with E-state index in [0.29, 0.717) is 16.8 Å². The van der Waals surface area contributed by atoms with Gasteiger partial charge in [0, 0.05) is 16.3 Å². The van der Waals surface area contributed by atoms with Crippen molar-refractivity contribution in [2.75, 3.05) is 5.32 Å². The van der Waals surface area contributed by atoms with E-state index in [1.807, 2.05) is 31.4 Å². The largest absolute Gasteiger partial charge is 0.366 e. The third kappa shape index (κ3) is 3.49. The van der Waals surface area contributed by atoms with E-state index in [1.54, 1.807) is 35.6 Å². The van der Waals surface area contributed by atoms with Crippen LogP contribution in [0.3, 0.4) is 0 Å². The maximum Gasteiger partial charge on any atom is 0.257 e. The van der Waals surface area contributed by atoms with Gasteiger partial charge in [0.05, 0.1) is 23.4 Å². The quantitative estimate of drug-likeness (QED) is 0.736. The van der Waals surface area contributed by atoms with Gasteiger partial charge in [-0.3, -0.25) is 9.59 Å². The minimum atomic E-state index is -0.570. The van der Waals surface area contributed by atoms with Gasteiger partial charge in [-0.05, 0) is 43.5 Å². The summed E-state index contributed by atoms with van der Waals surface area (Å²) in [5.41, 5.74) is 8.58. The van der Waals surface area contributed by atoms with Crippen molar-refractivity contribution in [2.45, 2.75) is 20.4 Å². The molecule has 1 aromatic carbocycles. The molecular formula is C19H19N3O2S. The molecule has 0 aliphatic rings. The molecule has 2 aromatic heterocycles. The third-order valence-corrected chi connectivity index (χ3v) is 5.01. The van der Waals surface area contributed by atoms with E-state index in [1.165, 1.54) is 4.88 Å². The van der Waals surface area contributed by atoms with Gasteiger partial charge in [-0.1, -0.05) is 18.2 Å². The molecule has 0 fully saturated rings. The molecule has 6 heteroatoms. The Labute approximate surface area is 150 Å². The predicted molar refractivity (Wildman–Crippen MR) is 100 cm³/mol. The highest BCUT2D eigenvalue weighted by Crippen LogP contribution is 2.21. The lowest BCUT2D eigenvalue weighted by Gasteiger charge is -2.10. The van der Waals surface area contributed by atoms with Crippen LogP contribution in [0, 0.1) is 13.8 Å². The number of para-hydroxylation sites is 1. The van der Waals surface area contributed by atoms with E-state index < -0.39 is 5.91 Å². The number of carbonyl (C=O) groups is 2. The fourth-order valence-electron chi connectivity index (χ4n) is 2.83. The van der Waals surface area contributed by atoms with Crippen molar-refractivity contribution in [3.63, 3.8) is 0 Å². The molecular weight excluding hydrogens is 334 g/mol. The Morgan fingerprint density at radius 1 is 1.12 bits per heavy atom. The number of nitrogens with one attached hydrogen (secondary N) is 1. The summed E-state index contributed by atoms with van der Waals surface area (Å²) in [7, 11) is 0. The third-order valence-electron chi connectivity index (χ3n) is 4.15. The van der Waals surface area contributed by atoms with Gasteiger partial charge in [-0.15, -0.1) is 11.3 Å². The first-order chi connectivity index (χ1) is 12.0. The zero-order valence-electron chi connectivity index (χ0n) is 14.1. The number of anilines is 1. The Kier molecular flexibility index (Phi) is 4.72. The average Bonchev–Trinajstić information content (AvgIpc) is 3.19. The van der Waals surface area contributed by atoms with E-state index >= 15 is 0 Å². The lowest BCUT2D eigenvalue weighted by atomic mass is 10.1. The molecule has 3 aromatic rings. The van der Waals surface area contributed by atoms with Gasteiger partial charge in [0.2, 0.25) is 0 Å². The first-order valence-electron chi connectivity index (χ1n) is 7.86. The van der Waals surface area contributed by atoms with Crippen LogP contribution < -0.4 is 11.1 Å². The van der Waals surface area contributed by atoms with E-state index in [2.05, 4.69) is 16.0 Å². The summed E-state index contributed by atoms with van der Waals surface area (Å²) in [6.07, 6.45) is 0. The molecule has 0 saturated carbocycles. The number of thiophene rings is 1. The normalized spacial score (nSPS) is 10.6. The number of benzene rings is 1. The molecule has 128 valence electrons. The van der Waals surface area contributed by atoms with Gasteiger partial charge in [0.15, 0.2) is 0 Å². The van der Waals surface area contributed by atoms with Crippen LogP contribution in [-0.4, -0.2) is 16.4 Å². The van der Waals surface area contributed by atoms with E-state index in [-0.39, 0.29) is 5.91 Å². The SMILES string of the molecule is Cc1cc(C(=O)Nc2ccccc2C(N)=O)c(C)n1Cc1cccs1. The highest BCUT2D eigenvalue weighted by molar-refractivity contribution is 7.09. The van der Waals surface area contributed by atoms with E-state index in [4.69, 9.17) is 5.73 Å². The zero-order valence-corrected chi connectivity index (χ0v) is 14.9. The van der Waals surface area contributed by atoms with Crippen molar-refractivity contribution >= 4 is 28.8 Å². The molecule has 0 spiro atoms. The van der Waals surface area contributed by atoms with Crippen molar-refractivity contribution in [2.24, 2.45) is 5.73 Å². The minimum absolute atomic E-state index is 0.251. The molecule has 0 radical (unpaired) electrons. The summed E-state index contributed by atoms with van der Waals surface area (Å²) in [5, 5.41) is 4.84. The van der Waals surface area contributed by atoms with Crippen molar-refractivity contribution in [1.29, 1.82) is 0 Å². The molecule has 0 unspecified atom stereocenters. The van der Waals surface area contributed by atoms with Crippen LogP contribution in [-0.2, 0) is 6.54 Å². The first kappa shape index (κ1) is 17.0. The Morgan fingerprint density at radius 2 is 1.88 bits per heavy atom. The van der Waals surface area contributed by atoms with Crippen LogP contribution >= 0.6 is 11.3 Å². The second-order valence-corrected chi connectivity index (χ2v) is 6.85.